The van der Waals surface area contributed by atoms with E-state index in [4.69, 9.17) is 14.7 Å². The number of hydrogen-bond donors (Lipinski definition) is 0. The summed E-state index contributed by atoms with van der Waals surface area (Å²) in [6.45, 7) is 5.87. The summed E-state index contributed by atoms with van der Waals surface area (Å²) in [5, 5.41) is 8.72. The minimum atomic E-state index is -0.201. The number of fused-ring (bicyclic) bond motifs is 2. The summed E-state index contributed by atoms with van der Waals surface area (Å²) in [5.74, 6) is 0.918. The lowest BCUT2D eigenvalue weighted by atomic mass is 10.2. The zero-order valence-corrected chi connectivity index (χ0v) is 19.8. The van der Waals surface area contributed by atoms with E-state index in [-0.39, 0.29) is 12.0 Å². The summed E-state index contributed by atoms with van der Waals surface area (Å²) in [5.41, 5.74) is 4.52. The number of likely N-dealkylation sites (tertiary alicyclic amines) is 1. The molecule has 0 spiro atoms. The highest BCUT2D eigenvalue weighted by Gasteiger charge is 2.31. The second kappa shape index (κ2) is 8.19. The molecule has 6 heterocycles. The maximum Gasteiger partial charge on any atom is 0.257 e. The lowest BCUT2D eigenvalue weighted by Crippen LogP contribution is -2.31. The molecule has 11 nitrogen and oxygen atoms in total. The van der Waals surface area contributed by atoms with Gasteiger partial charge in [-0.2, -0.15) is 15.2 Å². The molecule has 5 aromatic rings. The number of pyridine rings is 1. The molecule has 178 valence electrons. The van der Waals surface area contributed by atoms with E-state index in [1.807, 2.05) is 59.4 Å². The summed E-state index contributed by atoms with van der Waals surface area (Å²) in [7, 11) is 1.89. The Morgan fingerprint density at radius 3 is 2.91 bits per heavy atom. The molecule has 0 N–H and O–H groups in total. The zero-order chi connectivity index (χ0) is 24.1. The maximum atomic E-state index is 13.2. The van der Waals surface area contributed by atoms with E-state index in [0.717, 1.165) is 23.3 Å². The van der Waals surface area contributed by atoms with Crippen molar-refractivity contribution in [3.63, 3.8) is 0 Å². The first-order valence-corrected chi connectivity index (χ1v) is 11.6. The molecule has 0 aromatic carbocycles. The normalized spacial score (nSPS) is 16.0. The van der Waals surface area contributed by atoms with Gasteiger partial charge in [0.2, 0.25) is 5.88 Å². The Morgan fingerprint density at radius 2 is 2.09 bits per heavy atom. The van der Waals surface area contributed by atoms with E-state index in [1.165, 1.54) is 0 Å². The number of hydrogen-bond acceptors (Lipinski definition) is 7. The summed E-state index contributed by atoms with van der Waals surface area (Å²) in [4.78, 5) is 29.0. The highest BCUT2D eigenvalue weighted by Crippen LogP contribution is 2.29. The van der Waals surface area contributed by atoms with Crippen LogP contribution in [0, 0.1) is 6.92 Å². The Morgan fingerprint density at radius 1 is 1.20 bits per heavy atom. The Bertz CT molecular complexity index is 1560. The number of nitrogens with zero attached hydrogens (tertiary/aromatic N) is 9. The van der Waals surface area contributed by atoms with Crippen LogP contribution in [-0.4, -0.2) is 68.9 Å². The van der Waals surface area contributed by atoms with Crippen molar-refractivity contribution in [1.82, 2.24) is 43.8 Å². The number of carbonyl (C=O) groups is 1. The minimum absolute atomic E-state index is 0.0498. The second-order valence-corrected chi connectivity index (χ2v) is 8.71. The van der Waals surface area contributed by atoms with Crippen molar-refractivity contribution >= 4 is 22.6 Å². The molecule has 35 heavy (non-hydrogen) atoms. The third kappa shape index (κ3) is 3.50. The Kier molecular flexibility index (Phi) is 4.97. The van der Waals surface area contributed by atoms with Gasteiger partial charge >= 0.3 is 0 Å². The van der Waals surface area contributed by atoms with Gasteiger partial charge in [0.05, 0.1) is 41.9 Å². The third-order valence-corrected chi connectivity index (χ3v) is 6.54. The van der Waals surface area contributed by atoms with Crippen molar-refractivity contribution in [3.05, 3.63) is 54.4 Å². The van der Waals surface area contributed by atoms with Crippen LogP contribution in [0.2, 0.25) is 0 Å². The first-order chi connectivity index (χ1) is 17.0. The number of carbonyl (C=O) groups excluding carboxylic acids is 1. The van der Waals surface area contributed by atoms with E-state index in [1.54, 1.807) is 23.2 Å². The van der Waals surface area contributed by atoms with Crippen LogP contribution in [0.1, 0.15) is 29.4 Å². The molecule has 1 aliphatic heterocycles. The number of ether oxygens (including phenoxy) is 1. The Hall–Kier alpha value is -4.28. The number of aryl methyl sites for hydroxylation is 2. The van der Waals surface area contributed by atoms with Gasteiger partial charge in [0.1, 0.15) is 6.10 Å². The topological polar surface area (TPSA) is 108 Å². The summed E-state index contributed by atoms with van der Waals surface area (Å²) >= 11 is 0. The molecule has 0 aliphatic carbocycles. The lowest BCUT2D eigenvalue weighted by molar-refractivity contribution is 0.0773. The maximum absolute atomic E-state index is 13.2. The van der Waals surface area contributed by atoms with Gasteiger partial charge in [0, 0.05) is 38.4 Å². The van der Waals surface area contributed by atoms with Crippen LogP contribution < -0.4 is 4.74 Å². The molecule has 1 atom stereocenters. The van der Waals surface area contributed by atoms with E-state index in [0.29, 0.717) is 47.9 Å². The smallest absolute Gasteiger partial charge is 0.257 e. The number of amides is 1. The largest absolute Gasteiger partial charge is 0.471 e. The fraction of sp³-hybridized carbons (Fsp3) is 0.333. The van der Waals surface area contributed by atoms with Gasteiger partial charge < -0.3 is 14.2 Å². The zero-order valence-electron chi connectivity index (χ0n) is 19.8. The standard InChI is InChI=1S/C24H25N9O2/c1-4-32-15(2)17(11-26-32)21-28-22-20(25-14-30(22)3)23(29-21)35-16-8-10-31(13-16)24(34)18-12-27-33-9-6-5-7-19(18)33/h5-7,9,11-12,14,16H,4,8,10,13H2,1-3H3. The fourth-order valence-corrected chi connectivity index (χ4v) is 4.60. The molecule has 1 aliphatic rings. The molecular formula is C24H25N9O2. The van der Waals surface area contributed by atoms with Gasteiger partial charge in [0.25, 0.3) is 5.91 Å². The highest BCUT2D eigenvalue weighted by atomic mass is 16.5. The molecule has 1 saturated heterocycles. The van der Waals surface area contributed by atoms with Crippen LogP contribution in [0.5, 0.6) is 5.88 Å². The van der Waals surface area contributed by atoms with E-state index in [2.05, 4.69) is 15.2 Å². The van der Waals surface area contributed by atoms with Gasteiger partial charge in [-0.1, -0.05) is 6.07 Å². The van der Waals surface area contributed by atoms with Crippen molar-refractivity contribution in [1.29, 1.82) is 0 Å². The number of aromatic nitrogens is 8. The van der Waals surface area contributed by atoms with Crippen molar-refractivity contribution in [3.8, 4) is 17.3 Å². The first kappa shape index (κ1) is 21.3. The lowest BCUT2D eigenvalue weighted by Gasteiger charge is -2.17. The highest BCUT2D eigenvalue weighted by molar-refractivity contribution is 6.00. The molecule has 0 bridgehead atoms. The van der Waals surface area contributed by atoms with E-state index < -0.39 is 0 Å². The Labute approximate surface area is 201 Å². The van der Waals surface area contributed by atoms with Crippen molar-refractivity contribution in [2.45, 2.75) is 32.9 Å². The van der Waals surface area contributed by atoms with Crippen LogP contribution in [0.4, 0.5) is 0 Å². The van der Waals surface area contributed by atoms with Crippen LogP contribution in [0.3, 0.4) is 0 Å². The van der Waals surface area contributed by atoms with Crippen molar-refractivity contribution in [2.24, 2.45) is 7.05 Å². The van der Waals surface area contributed by atoms with Gasteiger partial charge in [0.15, 0.2) is 17.0 Å². The van der Waals surface area contributed by atoms with Gasteiger partial charge in [-0.3, -0.25) is 9.48 Å². The first-order valence-electron chi connectivity index (χ1n) is 11.6. The monoisotopic (exact) mass is 471 g/mol. The average molecular weight is 472 g/mol. The summed E-state index contributed by atoms with van der Waals surface area (Å²) in [6, 6.07) is 5.69. The molecule has 1 fully saturated rings. The summed E-state index contributed by atoms with van der Waals surface area (Å²) < 4.78 is 11.8. The van der Waals surface area contributed by atoms with Gasteiger partial charge in [-0.05, 0) is 26.0 Å². The molecular weight excluding hydrogens is 446 g/mol. The summed E-state index contributed by atoms with van der Waals surface area (Å²) in [6.07, 6.45) is 7.44. The van der Waals surface area contributed by atoms with E-state index >= 15 is 0 Å². The van der Waals surface area contributed by atoms with Gasteiger partial charge in [-0.15, -0.1) is 0 Å². The third-order valence-electron chi connectivity index (χ3n) is 6.54. The molecule has 0 saturated carbocycles. The van der Waals surface area contributed by atoms with Crippen LogP contribution in [0.25, 0.3) is 28.1 Å². The van der Waals surface area contributed by atoms with Crippen molar-refractivity contribution in [2.75, 3.05) is 13.1 Å². The molecule has 6 rings (SSSR count). The minimum Gasteiger partial charge on any atom is -0.471 e. The quantitative estimate of drug-likeness (QED) is 0.387. The molecule has 11 heteroatoms. The van der Waals surface area contributed by atoms with Crippen LogP contribution in [0.15, 0.2) is 43.1 Å². The van der Waals surface area contributed by atoms with Gasteiger partial charge in [-0.25, -0.2) is 14.5 Å². The molecule has 1 unspecified atom stereocenters. The average Bonchev–Trinajstić information content (AvgIpc) is 3.65. The predicted molar refractivity (Wildman–Crippen MR) is 128 cm³/mol. The SMILES string of the molecule is CCn1ncc(-c2nc(OC3CCN(C(=O)c4cnn5ccccc45)C3)c3ncn(C)c3n2)c1C. The van der Waals surface area contributed by atoms with Crippen LogP contribution in [-0.2, 0) is 13.6 Å². The van der Waals surface area contributed by atoms with E-state index in [9.17, 15) is 4.79 Å². The number of rotatable bonds is 5. The van der Waals surface area contributed by atoms with Crippen molar-refractivity contribution < 1.29 is 9.53 Å². The molecule has 0 radical (unpaired) electrons. The fourth-order valence-electron chi connectivity index (χ4n) is 4.60. The predicted octanol–water partition coefficient (Wildman–Crippen LogP) is 2.50. The van der Waals surface area contributed by atoms with Crippen LogP contribution >= 0.6 is 0 Å². The Balaban J connectivity index is 1.28. The number of imidazole rings is 1. The second-order valence-electron chi connectivity index (χ2n) is 8.71. The molecule has 5 aromatic heterocycles. The molecule has 1 amide bonds.